The van der Waals surface area contributed by atoms with Gasteiger partial charge in [0, 0.05) is 18.5 Å². The number of para-hydroxylation sites is 1. The molecule has 0 aliphatic carbocycles. The van der Waals surface area contributed by atoms with Crippen molar-refractivity contribution in [1.82, 2.24) is 4.90 Å². The Hall–Kier alpha value is -4.72. The first-order valence-electron chi connectivity index (χ1n) is 17.4. The number of anilines is 1. The lowest BCUT2D eigenvalue weighted by Crippen LogP contribution is -2.53. The maximum atomic E-state index is 15.1. The Balaban J connectivity index is 1.24. The van der Waals surface area contributed by atoms with E-state index >= 15 is 4.39 Å². The topological polar surface area (TPSA) is 104 Å². The van der Waals surface area contributed by atoms with E-state index in [1.165, 1.54) is 53.4 Å². The Morgan fingerprint density at radius 3 is 2.26 bits per heavy atom. The van der Waals surface area contributed by atoms with Crippen LogP contribution in [0.4, 0.5) is 23.7 Å². The minimum atomic E-state index is -3.11. The molecule has 0 N–H and O–H groups in total. The number of ether oxygens (including phenoxy) is 4. The van der Waals surface area contributed by atoms with Gasteiger partial charge in [0.25, 0.3) is 0 Å². The third-order valence-electron chi connectivity index (χ3n) is 9.36. The summed E-state index contributed by atoms with van der Waals surface area (Å²) in [6, 6.07) is 16.3. The van der Waals surface area contributed by atoms with E-state index in [1.807, 2.05) is 0 Å². The van der Waals surface area contributed by atoms with Crippen molar-refractivity contribution >= 4 is 41.0 Å². The van der Waals surface area contributed by atoms with Crippen molar-refractivity contribution in [3.63, 3.8) is 0 Å². The van der Waals surface area contributed by atoms with Gasteiger partial charge in [-0.3, -0.25) is 9.80 Å². The van der Waals surface area contributed by atoms with Crippen LogP contribution in [0.2, 0.25) is 10.0 Å². The zero-order valence-corrected chi connectivity index (χ0v) is 30.9. The average molecular weight is 789 g/mol. The molecule has 4 aromatic rings. The van der Waals surface area contributed by atoms with Gasteiger partial charge in [0.2, 0.25) is 0 Å². The number of alkyl halides is 2. The van der Waals surface area contributed by atoms with Crippen LogP contribution in [-0.2, 0) is 22.4 Å². The average Bonchev–Trinajstić information content (AvgIpc) is 3.13. The molecule has 15 heteroatoms. The van der Waals surface area contributed by atoms with Crippen molar-refractivity contribution < 1.29 is 46.4 Å². The molecule has 0 radical (unpaired) electrons. The Bertz CT molecular complexity index is 1940. The zero-order valence-electron chi connectivity index (χ0n) is 29.4. The molecule has 10 nitrogen and oxygen atoms in total. The first-order chi connectivity index (χ1) is 25.8. The highest BCUT2D eigenvalue weighted by atomic mass is 35.5. The van der Waals surface area contributed by atoms with Crippen molar-refractivity contribution in [1.29, 1.82) is 0 Å². The molecule has 4 heterocycles. The summed E-state index contributed by atoms with van der Waals surface area (Å²) < 4.78 is 64.2. The second-order valence-electron chi connectivity index (χ2n) is 13.4. The number of aromatic nitrogens is 1. The van der Waals surface area contributed by atoms with Crippen LogP contribution in [0.5, 0.6) is 11.5 Å². The minimum Gasteiger partial charge on any atom is -0.619 e. The van der Waals surface area contributed by atoms with E-state index in [-0.39, 0.29) is 57.8 Å². The summed E-state index contributed by atoms with van der Waals surface area (Å²) >= 11 is 12.7. The summed E-state index contributed by atoms with van der Waals surface area (Å²) in [6.07, 6.45) is 1.51. The molecule has 3 aromatic carbocycles. The fourth-order valence-electron chi connectivity index (χ4n) is 6.69. The number of benzene rings is 3. The van der Waals surface area contributed by atoms with Gasteiger partial charge in [0.05, 0.1) is 23.9 Å². The summed E-state index contributed by atoms with van der Waals surface area (Å²) in [6.45, 7) is 2.83. The largest absolute Gasteiger partial charge is 0.619 e. The quantitative estimate of drug-likeness (QED) is 0.0755. The van der Waals surface area contributed by atoms with Gasteiger partial charge < -0.3 is 24.2 Å². The second-order valence-corrected chi connectivity index (χ2v) is 14.3. The number of rotatable bonds is 13. The number of nitrogens with zero attached hydrogens (tertiary/aromatic N) is 3. The number of halogens is 5. The third-order valence-corrected chi connectivity index (χ3v) is 10.0. The van der Waals surface area contributed by atoms with Crippen molar-refractivity contribution in [2.24, 2.45) is 5.92 Å². The van der Waals surface area contributed by atoms with Crippen molar-refractivity contribution in [3.05, 3.63) is 122 Å². The minimum absolute atomic E-state index is 0.0118. The molecule has 1 amide bonds. The SMILES string of the molecule is CC(C)Oc1cc(C(Cc2c(Cl)c[n+]([O-])cc2Cl)OC(=O)c2ccc(CN(C(=O)O[C@H]3CN4CCC3CC4)c3ccccc3F)cc2)ccc1OC(F)F. The number of pyridine rings is 1. The molecular weight excluding hydrogens is 750 g/mol. The second kappa shape index (κ2) is 17.2. The smallest absolute Gasteiger partial charge is 0.415 e. The molecule has 0 saturated carbocycles. The van der Waals surface area contributed by atoms with Crippen molar-refractivity contribution in [2.75, 3.05) is 24.5 Å². The normalized spacial score (nSPS) is 18.4. The van der Waals surface area contributed by atoms with Crippen LogP contribution in [0.25, 0.3) is 0 Å². The molecule has 1 unspecified atom stereocenters. The summed E-state index contributed by atoms with van der Waals surface area (Å²) in [5.74, 6) is -1.33. The van der Waals surface area contributed by atoms with Crippen LogP contribution in [0.1, 0.15) is 59.8 Å². The summed E-state index contributed by atoms with van der Waals surface area (Å²) in [5, 5.41) is 12.0. The number of piperidine rings is 3. The number of esters is 1. The number of hydrogen-bond donors (Lipinski definition) is 0. The van der Waals surface area contributed by atoms with Crippen LogP contribution in [0.15, 0.2) is 79.1 Å². The van der Waals surface area contributed by atoms with E-state index in [4.69, 9.17) is 37.4 Å². The molecule has 2 bridgehead atoms. The summed E-state index contributed by atoms with van der Waals surface area (Å²) in [5.41, 5.74) is 1.41. The molecule has 1 aromatic heterocycles. The first-order valence-corrected chi connectivity index (χ1v) is 18.2. The maximum absolute atomic E-state index is 15.1. The van der Waals surface area contributed by atoms with Crippen LogP contribution in [0, 0.1) is 16.9 Å². The molecule has 3 saturated heterocycles. The van der Waals surface area contributed by atoms with Gasteiger partial charge in [-0.1, -0.05) is 53.5 Å². The van der Waals surface area contributed by atoms with E-state index in [1.54, 1.807) is 32.0 Å². The van der Waals surface area contributed by atoms with Crippen LogP contribution < -0.4 is 19.1 Å². The van der Waals surface area contributed by atoms with Gasteiger partial charge in [0.15, 0.2) is 23.9 Å². The lowest BCUT2D eigenvalue weighted by atomic mass is 9.86. The lowest BCUT2D eigenvalue weighted by Gasteiger charge is -2.44. The molecule has 3 aliphatic heterocycles. The van der Waals surface area contributed by atoms with Crippen LogP contribution in [-0.4, -0.2) is 55.4 Å². The number of carbonyl (C=O) groups is 2. The van der Waals surface area contributed by atoms with Gasteiger partial charge in [0.1, 0.15) is 28.1 Å². The lowest BCUT2D eigenvalue weighted by molar-refractivity contribution is -0.605. The fourth-order valence-corrected chi connectivity index (χ4v) is 7.28. The van der Waals surface area contributed by atoms with E-state index in [0.717, 1.165) is 38.3 Å². The zero-order chi connectivity index (χ0) is 38.5. The van der Waals surface area contributed by atoms with E-state index in [2.05, 4.69) is 9.64 Å². The Labute approximate surface area is 320 Å². The molecule has 2 atom stereocenters. The number of carbonyl (C=O) groups excluding carboxylic acids is 2. The molecule has 0 spiro atoms. The van der Waals surface area contributed by atoms with E-state index in [9.17, 15) is 23.6 Å². The van der Waals surface area contributed by atoms with Crippen LogP contribution >= 0.6 is 23.2 Å². The van der Waals surface area contributed by atoms with E-state index in [0.29, 0.717) is 28.0 Å². The highest BCUT2D eigenvalue weighted by molar-refractivity contribution is 6.35. The first kappa shape index (κ1) is 39.0. The highest BCUT2D eigenvalue weighted by Crippen LogP contribution is 2.37. The van der Waals surface area contributed by atoms with Gasteiger partial charge >= 0.3 is 18.7 Å². The summed E-state index contributed by atoms with van der Waals surface area (Å²) in [4.78, 5) is 30.8. The Morgan fingerprint density at radius 1 is 0.963 bits per heavy atom. The van der Waals surface area contributed by atoms with Crippen molar-refractivity contribution in [2.45, 2.75) is 64.6 Å². The van der Waals surface area contributed by atoms with Gasteiger partial charge in [-0.25, -0.2) is 14.0 Å². The fraction of sp³-hybridized carbons (Fsp3) is 0.359. The summed E-state index contributed by atoms with van der Waals surface area (Å²) in [7, 11) is 0. The molecule has 7 rings (SSSR count). The maximum Gasteiger partial charge on any atom is 0.415 e. The number of fused-ring (bicyclic) bond motifs is 3. The predicted molar refractivity (Wildman–Crippen MR) is 195 cm³/mol. The standard InChI is InChI=1S/C39H38Cl2F3N3O7/c1-23(2)51-35-17-27(11-12-33(35)53-38(43)44)34(18-28-29(40)20-46(50)21-30(28)41)52-37(48)26-9-7-24(8-10-26)19-47(32-6-4-3-5-31(32)42)39(49)54-36-22-45-15-13-25(36)14-16-45/h3-12,17,20-21,23,25,34,36,38H,13-16,18-19,22H2,1-2H3/t34?,36-/m0/s1. The van der Waals surface area contributed by atoms with Crippen molar-refractivity contribution in [3.8, 4) is 11.5 Å². The van der Waals surface area contributed by atoms with E-state index < -0.39 is 36.7 Å². The molecule has 3 fully saturated rings. The van der Waals surface area contributed by atoms with Crippen LogP contribution in [0.3, 0.4) is 0 Å². The van der Waals surface area contributed by atoms with Gasteiger partial charge in [-0.15, -0.1) is 0 Å². The Morgan fingerprint density at radius 2 is 1.65 bits per heavy atom. The predicted octanol–water partition coefficient (Wildman–Crippen LogP) is 8.53. The number of hydrogen-bond acceptors (Lipinski definition) is 8. The molecule has 286 valence electrons. The molecule has 3 aliphatic rings. The number of amides is 1. The molecule has 54 heavy (non-hydrogen) atoms. The molecular formula is C39H38Cl2F3N3O7. The highest BCUT2D eigenvalue weighted by Gasteiger charge is 2.38. The Kier molecular flexibility index (Phi) is 12.4. The van der Waals surface area contributed by atoms with Gasteiger partial charge in [-0.2, -0.15) is 13.5 Å². The monoisotopic (exact) mass is 787 g/mol. The van der Waals surface area contributed by atoms with Gasteiger partial charge in [-0.05, 0) is 93.2 Å². The third kappa shape index (κ3) is 9.49.